The SMILES string of the molecule is CNCC1CCCN1Cc1ccc(I)cc1.Cl. The van der Waals surface area contributed by atoms with E-state index < -0.39 is 0 Å². The van der Waals surface area contributed by atoms with Crippen molar-refractivity contribution in [2.75, 3.05) is 20.1 Å². The molecule has 1 N–H and O–H groups in total. The first-order valence-electron chi connectivity index (χ1n) is 5.92. The summed E-state index contributed by atoms with van der Waals surface area (Å²) >= 11 is 2.35. The van der Waals surface area contributed by atoms with Gasteiger partial charge in [0.1, 0.15) is 0 Å². The molecule has 1 aromatic carbocycles. The highest BCUT2D eigenvalue weighted by atomic mass is 127. The maximum absolute atomic E-state index is 3.29. The van der Waals surface area contributed by atoms with Crippen molar-refractivity contribution in [2.45, 2.75) is 25.4 Å². The molecule has 0 bridgehead atoms. The summed E-state index contributed by atoms with van der Waals surface area (Å²) in [5.41, 5.74) is 1.43. The smallest absolute Gasteiger partial charge is 0.0237 e. The number of nitrogens with one attached hydrogen (secondary N) is 1. The quantitative estimate of drug-likeness (QED) is 0.824. The van der Waals surface area contributed by atoms with Crippen molar-refractivity contribution < 1.29 is 0 Å². The molecular weight excluding hydrogens is 347 g/mol. The van der Waals surface area contributed by atoms with Crippen LogP contribution in [0.25, 0.3) is 0 Å². The normalized spacial score (nSPS) is 20.2. The Balaban J connectivity index is 0.00000144. The number of hydrogen-bond acceptors (Lipinski definition) is 2. The van der Waals surface area contributed by atoms with E-state index >= 15 is 0 Å². The number of nitrogens with zero attached hydrogens (tertiary/aromatic N) is 1. The van der Waals surface area contributed by atoms with Gasteiger partial charge in [0.25, 0.3) is 0 Å². The van der Waals surface area contributed by atoms with Crippen LogP contribution in [-0.4, -0.2) is 31.1 Å². The van der Waals surface area contributed by atoms with Gasteiger partial charge in [-0.2, -0.15) is 0 Å². The van der Waals surface area contributed by atoms with E-state index in [2.05, 4.69) is 57.1 Å². The average Bonchev–Trinajstić information content (AvgIpc) is 2.70. The zero-order chi connectivity index (χ0) is 11.4. The van der Waals surface area contributed by atoms with E-state index in [4.69, 9.17) is 0 Å². The van der Waals surface area contributed by atoms with Crippen LogP contribution < -0.4 is 5.32 Å². The molecule has 1 aromatic rings. The number of rotatable bonds is 4. The van der Waals surface area contributed by atoms with Crippen LogP contribution in [0.15, 0.2) is 24.3 Å². The van der Waals surface area contributed by atoms with Gasteiger partial charge in [0, 0.05) is 22.7 Å². The molecule has 0 amide bonds. The fraction of sp³-hybridized carbons (Fsp3) is 0.538. The highest BCUT2D eigenvalue weighted by molar-refractivity contribution is 14.1. The van der Waals surface area contributed by atoms with Crippen LogP contribution in [0.3, 0.4) is 0 Å². The van der Waals surface area contributed by atoms with Crippen molar-refractivity contribution in [3.8, 4) is 0 Å². The lowest BCUT2D eigenvalue weighted by molar-refractivity contribution is 0.242. The van der Waals surface area contributed by atoms with E-state index in [1.807, 2.05) is 7.05 Å². The van der Waals surface area contributed by atoms with Crippen molar-refractivity contribution in [2.24, 2.45) is 0 Å². The van der Waals surface area contributed by atoms with Crippen LogP contribution in [-0.2, 0) is 6.54 Å². The van der Waals surface area contributed by atoms with Crippen LogP contribution in [0.2, 0.25) is 0 Å². The Kier molecular flexibility index (Phi) is 6.77. The van der Waals surface area contributed by atoms with E-state index in [-0.39, 0.29) is 12.4 Å². The molecule has 4 heteroatoms. The van der Waals surface area contributed by atoms with Gasteiger partial charge in [-0.1, -0.05) is 12.1 Å². The van der Waals surface area contributed by atoms with Crippen molar-refractivity contribution in [1.82, 2.24) is 10.2 Å². The fourth-order valence-electron chi connectivity index (χ4n) is 2.39. The highest BCUT2D eigenvalue weighted by Crippen LogP contribution is 2.19. The molecule has 1 heterocycles. The van der Waals surface area contributed by atoms with Gasteiger partial charge in [-0.3, -0.25) is 4.90 Å². The van der Waals surface area contributed by atoms with Crippen molar-refractivity contribution >= 4 is 35.0 Å². The predicted octanol–water partition coefficient (Wildman–Crippen LogP) is 2.90. The van der Waals surface area contributed by atoms with Crippen molar-refractivity contribution in [3.05, 3.63) is 33.4 Å². The minimum atomic E-state index is 0. The Morgan fingerprint density at radius 3 is 2.71 bits per heavy atom. The lowest BCUT2D eigenvalue weighted by Crippen LogP contribution is -2.36. The molecule has 1 atom stereocenters. The third-order valence-electron chi connectivity index (χ3n) is 3.24. The van der Waals surface area contributed by atoms with Gasteiger partial charge in [0.15, 0.2) is 0 Å². The van der Waals surface area contributed by atoms with Gasteiger partial charge in [-0.25, -0.2) is 0 Å². The van der Waals surface area contributed by atoms with Crippen LogP contribution in [0.1, 0.15) is 18.4 Å². The first-order valence-corrected chi connectivity index (χ1v) is 7.00. The third-order valence-corrected chi connectivity index (χ3v) is 3.96. The minimum absolute atomic E-state index is 0. The zero-order valence-electron chi connectivity index (χ0n) is 10.2. The summed E-state index contributed by atoms with van der Waals surface area (Å²) in [7, 11) is 2.04. The van der Waals surface area contributed by atoms with E-state index in [1.54, 1.807) is 0 Å². The van der Waals surface area contributed by atoms with Gasteiger partial charge < -0.3 is 5.32 Å². The summed E-state index contributed by atoms with van der Waals surface area (Å²) < 4.78 is 1.31. The minimum Gasteiger partial charge on any atom is -0.318 e. The molecule has 0 radical (unpaired) electrons. The molecule has 1 fully saturated rings. The number of halogens is 2. The summed E-state index contributed by atoms with van der Waals surface area (Å²) in [6.07, 6.45) is 2.68. The predicted molar refractivity (Wildman–Crippen MR) is 83.8 cm³/mol. The second kappa shape index (κ2) is 7.56. The molecule has 1 unspecified atom stereocenters. The van der Waals surface area contributed by atoms with E-state index in [9.17, 15) is 0 Å². The Morgan fingerprint density at radius 2 is 2.06 bits per heavy atom. The number of benzene rings is 1. The van der Waals surface area contributed by atoms with Crippen LogP contribution >= 0.6 is 35.0 Å². The molecule has 1 saturated heterocycles. The summed E-state index contributed by atoms with van der Waals surface area (Å²) in [4.78, 5) is 2.60. The number of likely N-dealkylation sites (N-methyl/N-ethyl adjacent to an activating group) is 1. The van der Waals surface area contributed by atoms with Crippen molar-refractivity contribution in [1.29, 1.82) is 0 Å². The van der Waals surface area contributed by atoms with E-state index in [0.29, 0.717) is 0 Å². The monoisotopic (exact) mass is 366 g/mol. The maximum atomic E-state index is 3.29. The molecule has 2 rings (SSSR count). The van der Waals surface area contributed by atoms with E-state index in [0.717, 1.165) is 19.1 Å². The summed E-state index contributed by atoms with van der Waals surface area (Å²) in [6.45, 7) is 3.46. The second-order valence-corrected chi connectivity index (χ2v) is 5.70. The van der Waals surface area contributed by atoms with E-state index in [1.165, 1.54) is 28.5 Å². The lowest BCUT2D eigenvalue weighted by Gasteiger charge is -2.24. The molecular formula is C13H20ClIN2. The Hall–Kier alpha value is 0.160. The molecule has 0 aliphatic carbocycles. The van der Waals surface area contributed by atoms with Gasteiger partial charge in [-0.05, 0) is 66.7 Å². The highest BCUT2D eigenvalue weighted by Gasteiger charge is 2.23. The second-order valence-electron chi connectivity index (χ2n) is 4.45. The van der Waals surface area contributed by atoms with Crippen LogP contribution in [0.4, 0.5) is 0 Å². The van der Waals surface area contributed by atoms with Gasteiger partial charge in [0.05, 0.1) is 0 Å². The topological polar surface area (TPSA) is 15.3 Å². The largest absolute Gasteiger partial charge is 0.318 e. The lowest BCUT2D eigenvalue weighted by atomic mass is 10.2. The standard InChI is InChI=1S/C13H19IN2.ClH/c1-15-9-13-3-2-8-16(13)10-11-4-6-12(14)7-5-11;/h4-7,13,15H,2-3,8-10H2,1H3;1H. The summed E-state index contributed by atoms with van der Waals surface area (Å²) in [5.74, 6) is 0. The Labute approximate surface area is 124 Å². The van der Waals surface area contributed by atoms with Gasteiger partial charge >= 0.3 is 0 Å². The first kappa shape index (κ1) is 15.2. The maximum Gasteiger partial charge on any atom is 0.0237 e. The molecule has 0 aromatic heterocycles. The summed E-state index contributed by atoms with van der Waals surface area (Å²) in [5, 5.41) is 3.29. The molecule has 2 nitrogen and oxygen atoms in total. The van der Waals surface area contributed by atoms with Gasteiger partial charge in [-0.15, -0.1) is 12.4 Å². The Morgan fingerprint density at radius 1 is 1.35 bits per heavy atom. The van der Waals surface area contributed by atoms with Crippen LogP contribution in [0.5, 0.6) is 0 Å². The number of likely N-dealkylation sites (tertiary alicyclic amines) is 1. The molecule has 17 heavy (non-hydrogen) atoms. The zero-order valence-corrected chi connectivity index (χ0v) is 13.1. The fourth-order valence-corrected chi connectivity index (χ4v) is 2.75. The van der Waals surface area contributed by atoms with Gasteiger partial charge in [0.2, 0.25) is 0 Å². The molecule has 0 saturated carbocycles. The van der Waals surface area contributed by atoms with Crippen molar-refractivity contribution in [3.63, 3.8) is 0 Å². The molecule has 1 aliphatic heterocycles. The molecule has 96 valence electrons. The third kappa shape index (κ3) is 4.39. The number of hydrogen-bond donors (Lipinski definition) is 1. The Bertz CT molecular complexity index is 329. The van der Waals surface area contributed by atoms with Crippen LogP contribution in [0, 0.1) is 3.57 Å². The molecule has 0 spiro atoms. The first-order chi connectivity index (χ1) is 7.79. The average molecular weight is 367 g/mol. The summed E-state index contributed by atoms with van der Waals surface area (Å²) in [6, 6.07) is 9.61. The molecule has 1 aliphatic rings.